The first kappa shape index (κ1) is 10.0. The van der Waals surface area contributed by atoms with Gasteiger partial charge in [-0.05, 0) is 6.42 Å². The lowest BCUT2D eigenvalue weighted by Gasteiger charge is -1.97. The summed E-state index contributed by atoms with van der Waals surface area (Å²) in [5, 5.41) is 0. The molecule has 0 aromatic carbocycles. The Labute approximate surface area is 66.0 Å². The highest BCUT2D eigenvalue weighted by Gasteiger charge is 1.87. The third-order valence-electron chi connectivity index (χ3n) is 1.77. The number of hydrogen-bond acceptors (Lipinski definition) is 0. The molecule has 0 heteroatoms. The predicted molar refractivity (Wildman–Crippen MR) is 48.0 cm³/mol. The second-order valence-electron chi connectivity index (χ2n) is 2.93. The number of unbranched alkanes of at least 4 members (excludes halogenated alkanes) is 7. The van der Waals surface area contributed by atoms with Gasteiger partial charge in [-0.2, -0.15) is 0 Å². The third-order valence-corrected chi connectivity index (χ3v) is 1.77. The van der Waals surface area contributed by atoms with Crippen LogP contribution in [-0.2, 0) is 0 Å². The van der Waals surface area contributed by atoms with Crippen molar-refractivity contribution < 1.29 is 0 Å². The van der Waals surface area contributed by atoms with Crippen molar-refractivity contribution in [3.8, 4) is 0 Å². The Hall–Kier alpha value is 0. The maximum absolute atomic E-state index is 2.44. The molecular formula is C10H21. The van der Waals surface area contributed by atoms with Gasteiger partial charge in [0, 0.05) is 0 Å². The lowest BCUT2D eigenvalue weighted by Crippen LogP contribution is -1.79. The molecule has 61 valence electrons. The van der Waals surface area contributed by atoms with Crippen LogP contribution in [0, 0.1) is 6.42 Å². The van der Waals surface area contributed by atoms with Crippen molar-refractivity contribution in [2.75, 3.05) is 0 Å². The zero-order chi connectivity index (χ0) is 7.66. The van der Waals surface area contributed by atoms with E-state index >= 15 is 0 Å². The Bertz CT molecular complexity index is 40.0. The average molecular weight is 143 g/mol. The summed E-state index contributed by atoms with van der Waals surface area (Å²) in [6, 6.07) is 0. The SMILES string of the molecule is CCCC[CH]CC[14CH2]CC. The van der Waals surface area contributed by atoms with Gasteiger partial charge in [0.05, 0.1) is 0 Å². The van der Waals surface area contributed by atoms with Crippen LogP contribution in [0.4, 0.5) is 0 Å². The first-order valence-electron chi connectivity index (χ1n) is 4.73. The molecule has 1 radical (unpaired) electrons. The Balaban J connectivity index is 2.65. The molecule has 0 amide bonds. The van der Waals surface area contributed by atoms with E-state index in [9.17, 15) is 0 Å². The lowest BCUT2D eigenvalue weighted by atomic mass is 10.1. The van der Waals surface area contributed by atoms with Crippen LogP contribution < -0.4 is 0 Å². The molecule has 0 bridgehead atoms. The fourth-order valence-corrected chi connectivity index (χ4v) is 1.03. The van der Waals surface area contributed by atoms with Crippen LogP contribution in [0.15, 0.2) is 0 Å². The minimum Gasteiger partial charge on any atom is -0.0654 e. The number of hydrogen-bond donors (Lipinski definition) is 0. The van der Waals surface area contributed by atoms with E-state index in [2.05, 4.69) is 20.3 Å². The Morgan fingerprint density at radius 2 is 2.00 bits per heavy atom. The van der Waals surface area contributed by atoms with E-state index < -0.39 is 0 Å². The van der Waals surface area contributed by atoms with E-state index in [-0.39, 0.29) is 0 Å². The summed E-state index contributed by atoms with van der Waals surface area (Å²) in [4.78, 5) is 0. The summed E-state index contributed by atoms with van der Waals surface area (Å²) in [5.41, 5.74) is 0. The molecule has 0 aromatic rings. The van der Waals surface area contributed by atoms with Crippen molar-refractivity contribution in [3.05, 3.63) is 6.42 Å². The maximum Gasteiger partial charge on any atom is -0.0386 e. The Kier molecular flexibility index (Phi) is 9.00. The van der Waals surface area contributed by atoms with Gasteiger partial charge in [0.15, 0.2) is 0 Å². The smallest absolute Gasteiger partial charge is 0.0386 e. The number of rotatable bonds is 7. The largest absolute Gasteiger partial charge is 0.0654 e. The van der Waals surface area contributed by atoms with Gasteiger partial charge in [0.1, 0.15) is 0 Å². The maximum atomic E-state index is 2.44. The quantitative estimate of drug-likeness (QED) is 0.473. The molecule has 0 nitrogen and oxygen atoms in total. The predicted octanol–water partition coefficient (Wildman–Crippen LogP) is 3.96. The molecular weight excluding hydrogens is 122 g/mol. The van der Waals surface area contributed by atoms with Gasteiger partial charge < -0.3 is 0 Å². The second kappa shape index (κ2) is 9.00. The van der Waals surface area contributed by atoms with Crippen LogP contribution in [0.2, 0.25) is 0 Å². The zero-order valence-corrected chi connectivity index (χ0v) is 7.53. The van der Waals surface area contributed by atoms with Gasteiger partial charge in [0.2, 0.25) is 0 Å². The Morgan fingerprint density at radius 1 is 1.20 bits per heavy atom. The van der Waals surface area contributed by atoms with E-state index in [0.717, 1.165) is 0 Å². The van der Waals surface area contributed by atoms with Gasteiger partial charge in [-0.25, -0.2) is 0 Å². The minimum atomic E-state index is 1.33. The van der Waals surface area contributed by atoms with E-state index in [1.807, 2.05) is 0 Å². The van der Waals surface area contributed by atoms with Crippen LogP contribution >= 0.6 is 0 Å². The first-order valence-corrected chi connectivity index (χ1v) is 4.73. The van der Waals surface area contributed by atoms with Gasteiger partial charge in [-0.3, -0.25) is 0 Å². The highest BCUT2D eigenvalue weighted by Crippen LogP contribution is 2.06. The summed E-state index contributed by atoms with van der Waals surface area (Å²) in [6.07, 6.45) is 12.0. The van der Waals surface area contributed by atoms with Crippen molar-refractivity contribution in [2.24, 2.45) is 0 Å². The zero-order valence-electron chi connectivity index (χ0n) is 7.53. The molecule has 0 saturated carbocycles. The van der Waals surface area contributed by atoms with E-state index in [1.165, 1.54) is 44.9 Å². The molecule has 0 saturated heterocycles. The molecule has 0 atom stereocenters. The molecule has 0 aromatic heterocycles. The molecule has 0 unspecified atom stereocenters. The van der Waals surface area contributed by atoms with Crippen LogP contribution in [0.1, 0.15) is 58.8 Å². The molecule has 10 heavy (non-hydrogen) atoms. The van der Waals surface area contributed by atoms with Crippen molar-refractivity contribution in [1.82, 2.24) is 0 Å². The van der Waals surface area contributed by atoms with Gasteiger partial charge in [-0.1, -0.05) is 58.8 Å². The van der Waals surface area contributed by atoms with Gasteiger partial charge in [0.25, 0.3) is 0 Å². The monoisotopic (exact) mass is 143 g/mol. The highest BCUT2D eigenvalue weighted by atomic mass is 14.8. The minimum absolute atomic E-state index is 1.33. The summed E-state index contributed by atoms with van der Waals surface area (Å²) < 4.78 is 0. The van der Waals surface area contributed by atoms with Crippen LogP contribution in [0.25, 0.3) is 0 Å². The highest BCUT2D eigenvalue weighted by molar-refractivity contribution is 4.63. The summed E-state index contributed by atoms with van der Waals surface area (Å²) >= 11 is 0. The average Bonchev–Trinajstić information content (AvgIpc) is 1.97. The molecule has 0 aliphatic rings. The molecule has 0 rings (SSSR count). The summed E-state index contributed by atoms with van der Waals surface area (Å²) in [5.74, 6) is 0. The standard InChI is InChI=1S/C10H21/c1-3-5-7-9-10-8-6-4-2/h9H,3-8,10H2,1-2H3/i6+2. The van der Waals surface area contributed by atoms with E-state index in [0.29, 0.717) is 0 Å². The van der Waals surface area contributed by atoms with Crippen LogP contribution in [0.3, 0.4) is 0 Å². The second-order valence-corrected chi connectivity index (χ2v) is 2.93. The molecule has 0 heterocycles. The van der Waals surface area contributed by atoms with Gasteiger partial charge >= 0.3 is 0 Å². The van der Waals surface area contributed by atoms with Crippen molar-refractivity contribution in [3.63, 3.8) is 0 Å². The van der Waals surface area contributed by atoms with Crippen molar-refractivity contribution in [1.29, 1.82) is 0 Å². The normalized spacial score (nSPS) is 10.2. The van der Waals surface area contributed by atoms with Crippen LogP contribution in [0.5, 0.6) is 0 Å². The topological polar surface area (TPSA) is 0 Å². The van der Waals surface area contributed by atoms with E-state index in [4.69, 9.17) is 0 Å². The van der Waals surface area contributed by atoms with E-state index in [1.54, 1.807) is 0 Å². The summed E-state index contributed by atoms with van der Waals surface area (Å²) in [7, 11) is 0. The summed E-state index contributed by atoms with van der Waals surface area (Å²) in [6.45, 7) is 4.51. The van der Waals surface area contributed by atoms with Gasteiger partial charge in [-0.15, -0.1) is 0 Å². The fraction of sp³-hybridized carbons (Fsp3) is 0.900. The third kappa shape index (κ3) is 8.00. The lowest BCUT2D eigenvalue weighted by molar-refractivity contribution is 0.673. The van der Waals surface area contributed by atoms with Crippen LogP contribution in [-0.4, -0.2) is 0 Å². The molecule has 0 aliphatic heterocycles. The molecule has 0 N–H and O–H groups in total. The molecule has 0 spiro atoms. The fourth-order valence-electron chi connectivity index (χ4n) is 1.03. The molecule has 0 fully saturated rings. The van der Waals surface area contributed by atoms with Crippen molar-refractivity contribution in [2.45, 2.75) is 58.8 Å². The Morgan fingerprint density at radius 3 is 2.60 bits per heavy atom. The molecule has 0 aliphatic carbocycles. The first-order chi connectivity index (χ1) is 4.91. The van der Waals surface area contributed by atoms with Crippen molar-refractivity contribution >= 4 is 0 Å².